The van der Waals surface area contributed by atoms with E-state index in [2.05, 4.69) is 37.3 Å². The lowest BCUT2D eigenvalue weighted by atomic mass is 10.1. The molecule has 0 aromatic heterocycles. The maximum absolute atomic E-state index is 10.6. The molecule has 1 unspecified atom stereocenters. The van der Waals surface area contributed by atoms with E-state index in [0.717, 1.165) is 24.3 Å². The molecular weight excluding hydrogens is 296 g/mol. The van der Waals surface area contributed by atoms with Gasteiger partial charge < -0.3 is 5.11 Å². The highest BCUT2D eigenvalue weighted by Gasteiger charge is 2.21. The van der Waals surface area contributed by atoms with Gasteiger partial charge in [0.15, 0.2) is 0 Å². The molecule has 2 rings (SSSR count). The van der Waals surface area contributed by atoms with Gasteiger partial charge in [-0.2, -0.15) is 0 Å². The highest BCUT2D eigenvalue weighted by Crippen LogP contribution is 2.42. The average Bonchev–Trinajstić information content (AvgIpc) is 2.55. The van der Waals surface area contributed by atoms with Crippen molar-refractivity contribution in [1.82, 2.24) is 0 Å². The zero-order chi connectivity index (χ0) is 14.9. The molecule has 0 saturated carbocycles. The third-order valence-electron chi connectivity index (χ3n) is 3.73. The molecule has 1 aliphatic heterocycles. The maximum atomic E-state index is 10.6. The van der Waals surface area contributed by atoms with Crippen molar-refractivity contribution in [3.63, 3.8) is 0 Å². The van der Waals surface area contributed by atoms with Crippen LogP contribution in [0.4, 0.5) is 0 Å². The van der Waals surface area contributed by atoms with Crippen LogP contribution in [0.5, 0.6) is 0 Å². The molecule has 0 fully saturated rings. The Labute approximate surface area is 137 Å². The molecule has 0 bridgehead atoms. The van der Waals surface area contributed by atoms with Gasteiger partial charge in [-0.3, -0.25) is 0 Å². The van der Waals surface area contributed by atoms with E-state index in [1.165, 1.54) is 41.1 Å². The van der Waals surface area contributed by atoms with Gasteiger partial charge in [0.05, 0.1) is 6.10 Å². The summed E-state index contributed by atoms with van der Waals surface area (Å²) in [5, 5.41) is 10.6. The molecule has 0 spiro atoms. The van der Waals surface area contributed by atoms with Crippen molar-refractivity contribution in [1.29, 1.82) is 0 Å². The van der Waals surface area contributed by atoms with E-state index in [4.69, 9.17) is 0 Å². The minimum absolute atomic E-state index is 0.278. The number of hydrogen-bond acceptors (Lipinski definition) is 3. The Morgan fingerprint density at radius 1 is 1.00 bits per heavy atom. The molecular formula is C18H26OS2. The molecule has 3 heteroatoms. The molecule has 1 aliphatic rings. The van der Waals surface area contributed by atoms with E-state index in [1.807, 2.05) is 23.5 Å². The number of rotatable bonds is 8. The summed E-state index contributed by atoms with van der Waals surface area (Å²) in [6.45, 7) is 2.24. The molecule has 0 amide bonds. The summed E-state index contributed by atoms with van der Waals surface area (Å²) in [4.78, 5) is 2.50. The van der Waals surface area contributed by atoms with Crippen LogP contribution in [0, 0.1) is 0 Å². The number of aliphatic hydroxyl groups excluding tert-OH is 1. The Balaban J connectivity index is 1.98. The van der Waals surface area contributed by atoms with Gasteiger partial charge in [0.2, 0.25) is 0 Å². The van der Waals surface area contributed by atoms with Crippen LogP contribution in [0.15, 0.2) is 35.2 Å². The summed E-state index contributed by atoms with van der Waals surface area (Å²) in [6, 6.07) is 10.5. The van der Waals surface area contributed by atoms with Gasteiger partial charge in [0.25, 0.3) is 0 Å². The standard InChI is InChI=1S/C18H26OS2/c1-2-3-4-5-9-12-16(19)18-17(20-13-14-21-18)15-10-7-6-8-11-15/h6-8,10-11,16,19H,2-5,9,12-14H2,1H3. The number of benzene rings is 1. The van der Waals surface area contributed by atoms with Gasteiger partial charge in [-0.25, -0.2) is 0 Å². The van der Waals surface area contributed by atoms with Gasteiger partial charge in [-0.05, 0) is 12.0 Å². The van der Waals surface area contributed by atoms with Crippen LogP contribution < -0.4 is 0 Å². The summed E-state index contributed by atoms with van der Waals surface area (Å²) in [7, 11) is 0. The lowest BCUT2D eigenvalue weighted by molar-refractivity contribution is 0.205. The molecule has 1 N–H and O–H groups in total. The predicted octanol–water partition coefficient (Wildman–Crippen LogP) is 5.56. The van der Waals surface area contributed by atoms with E-state index < -0.39 is 0 Å². The van der Waals surface area contributed by atoms with Crippen LogP contribution in [0.25, 0.3) is 4.91 Å². The molecule has 0 aliphatic carbocycles. The summed E-state index contributed by atoms with van der Waals surface area (Å²) in [6.07, 6.45) is 6.91. The Morgan fingerprint density at radius 3 is 2.48 bits per heavy atom. The SMILES string of the molecule is CCCCCCCC(O)C1=C(c2ccccc2)SCCS1. The molecule has 0 radical (unpaired) electrons. The number of aliphatic hydroxyl groups is 1. The second-order valence-corrected chi connectivity index (χ2v) is 7.72. The summed E-state index contributed by atoms with van der Waals surface area (Å²) >= 11 is 3.75. The maximum Gasteiger partial charge on any atom is 0.0859 e. The average molecular weight is 323 g/mol. The van der Waals surface area contributed by atoms with Crippen LogP contribution in [0.3, 0.4) is 0 Å². The topological polar surface area (TPSA) is 20.2 Å². The number of hydrogen-bond donors (Lipinski definition) is 1. The summed E-state index contributed by atoms with van der Waals surface area (Å²) < 4.78 is 0. The fourth-order valence-corrected chi connectivity index (χ4v) is 5.15. The van der Waals surface area contributed by atoms with Crippen molar-refractivity contribution in [2.75, 3.05) is 11.5 Å². The molecule has 1 heterocycles. The normalized spacial score (nSPS) is 17.0. The van der Waals surface area contributed by atoms with Crippen molar-refractivity contribution in [3.05, 3.63) is 40.8 Å². The first kappa shape index (κ1) is 17.0. The summed E-state index contributed by atoms with van der Waals surface area (Å²) in [5.74, 6) is 2.25. The van der Waals surface area contributed by atoms with Crippen LogP contribution in [-0.2, 0) is 0 Å². The monoisotopic (exact) mass is 322 g/mol. The van der Waals surface area contributed by atoms with Crippen LogP contribution >= 0.6 is 23.5 Å². The third kappa shape index (κ3) is 5.39. The number of unbranched alkanes of at least 4 members (excludes halogenated alkanes) is 4. The van der Waals surface area contributed by atoms with Gasteiger partial charge >= 0.3 is 0 Å². The largest absolute Gasteiger partial charge is 0.388 e. The van der Waals surface area contributed by atoms with Gasteiger partial charge in [-0.1, -0.05) is 69.4 Å². The molecule has 116 valence electrons. The van der Waals surface area contributed by atoms with E-state index >= 15 is 0 Å². The van der Waals surface area contributed by atoms with Crippen molar-refractivity contribution < 1.29 is 5.11 Å². The molecule has 21 heavy (non-hydrogen) atoms. The van der Waals surface area contributed by atoms with Gasteiger partial charge in [-0.15, -0.1) is 23.5 Å². The van der Waals surface area contributed by atoms with E-state index in [1.54, 1.807) is 0 Å². The third-order valence-corrected chi connectivity index (χ3v) is 6.47. The van der Waals surface area contributed by atoms with Crippen LogP contribution in [0.2, 0.25) is 0 Å². The molecule has 1 atom stereocenters. The number of thioether (sulfide) groups is 2. The van der Waals surface area contributed by atoms with Gasteiger partial charge in [0, 0.05) is 21.3 Å². The molecule has 1 aromatic rings. The van der Waals surface area contributed by atoms with Crippen LogP contribution in [-0.4, -0.2) is 22.7 Å². The second kappa shape index (κ2) is 9.60. The Bertz CT molecular complexity index is 442. The van der Waals surface area contributed by atoms with Crippen molar-refractivity contribution >= 4 is 28.4 Å². The van der Waals surface area contributed by atoms with E-state index in [9.17, 15) is 5.11 Å². The lowest BCUT2D eigenvalue weighted by Crippen LogP contribution is -2.13. The van der Waals surface area contributed by atoms with E-state index in [-0.39, 0.29) is 6.10 Å². The highest BCUT2D eigenvalue weighted by molar-refractivity contribution is 8.13. The first-order chi connectivity index (χ1) is 10.3. The minimum atomic E-state index is -0.278. The molecule has 1 aromatic carbocycles. The van der Waals surface area contributed by atoms with Crippen molar-refractivity contribution in [3.8, 4) is 0 Å². The quantitative estimate of drug-likeness (QED) is 0.633. The van der Waals surface area contributed by atoms with Crippen molar-refractivity contribution in [2.24, 2.45) is 0 Å². The summed E-state index contributed by atoms with van der Waals surface area (Å²) in [5.41, 5.74) is 1.26. The Hall–Kier alpha value is -0.380. The molecule has 0 saturated heterocycles. The molecule has 1 nitrogen and oxygen atoms in total. The Morgan fingerprint density at radius 2 is 1.71 bits per heavy atom. The predicted molar refractivity (Wildman–Crippen MR) is 97.7 cm³/mol. The lowest BCUT2D eigenvalue weighted by Gasteiger charge is -2.23. The zero-order valence-electron chi connectivity index (χ0n) is 12.9. The van der Waals surface area contributed by atoms with E-state index in [0.29, 0.717) is 0 Å². The van der Waals surface area contributed by atoms with Crippen LogP contribution in [0.1, 0.15) is 51.0 Å². The minimum Gasteiger partial charge on any atom is -0.388 e. The second-order valence-electron chi connectivity index (χ2n) is 5.48. The smallest absolute Gasteiger partial charge is 0.0859 e. The first-order valence-electron chi connectivity index (χ1n) is 8.06. The highest BCUT2D eigenvalue weighted by atomic mass is 32.2. The fraction of sp³-hybridized carbons (Fsp3) is 0.556. The Kier molecular flexibility index (Phi) is 7.76. The van der Waals surface area contributed by atoms with Gasteiger partial charge in [0.1, 0.15) is 0 Å². The fourth-order valence-electron chi connectivity index (χ4n) is 2.57. The van der Waals surface area contributed by atoms with Crippen molar-refractivity contribution in [2.45, 2.75) is 51.6 Å². The first-order valence-corrected chi connectivity index (χ1v) is 10.0. The zero-order valence-corrected chi connectivity index (χ0v) is 14.5.